The molecule has 1 aromatic rings. The second kappa shape index (κ2) is 6.55. The van der Waals surface area contributed by atoms with Gasteiger partial charge in [-0.25, -0.2) is 4.79 Å². The van der Waals surface area contributed by atoms with Crippen LogP contribution < -0.4 is 0 Å². The van der Waals surface area contributed by atoms with E-state index in [4.69, 9.17) is 10.00 Å². The summed E-state index contributed by atoms with van der Waals surface area (Å²) in [5.41, 5.74) is -0.0927. The summed E-state index contributed by atoms with van der Waals surface area (Å²) in [6.45, 7) is 1.68. The number of ether oxygens (including phenoxy) is 1. The zero-order valence-corrected chi connectivity index (χ0v) is 10.6. The predicted octanol–water partition coefficient (Wildman–Crippen LogP) is 2.34. The Kier molecular flexibility index (Phi) is 5.06. The Balaban J connectivity index is 2.88. The van der Waals surface area contributed by atoms with E-state index < -0.39 is 11.5 Å². The summed E-state index contributed by atoms with van der Waals surface area (Å²) < 4.78 is 4.74. The van der Waals surface area contributed by atoms with Gasteiger partial charge in [0.05, 0.1) is 13.2 Å². The third-order valence-electron chi connectivity index (χ3n) is 2.65. The minimum absolute atomic E-state index is 0.262. The first kappa shape index (κ1) is 13.9. The van der Waals surface area contributed by atoms with E-state index in [1.165, 1.54) is 7.11 Å². The molecule has 94 valence electrons. The van der Waals surface area contributed by atoms with Gasteiger partial charge in [-0.2, -0.15) is 5.26 Å². The molecule has 0 amide bonds. The third kappa shape index (κ3) is 3.70. The van der Waals surface area contributed by atoms with Crippen LogP contribution in [-0.2, 0) is 9.53 Å². The lowest BCUT2D eigenvalue weighted by atomic mass is 9.97. The molecule has 1 atom stereocenters. The fourth-order valence-electron chi connectivity index (χ4n) is 1.49. The van der Waals surface area contributed by atoms with E-state index >= 15 is 0 Å². The molecule has 1 rings (SSSR count). The van der Waals surface area contributed by atoms with Crippen LogP contribution in [0.4, 0.5) is 0 Å². The first-order chi connectivity index (χ1) is 8.62. The van der Waals surface area contributed by atoms with Crippen LogP contribution in [0.5, 0.6) is 0 Å². The van der Waals surface area contributed by atoms with Crippen LogP contribution >= 0.6 is 0 Å². The largest absolute Gasteiger partial charge is 0.467 e. The van der Waals surface area contributed by atoms with E-state index in [1.54, 1.807) is 13.1 Å². The summed E-state index contributed by atoms with van der Waals surface area (Å²) in [4.78, 5) is 16.0. The van der Waals surface area contributed by atoms with Gasteiger partial charge in [0.25, 0.3) is 0 Å². The number of carbonyl (C=O) groups excluding carboxylic acids is 1. The molecular weight excluding hydrogens is 228 g/mol. The first-order valence-corrected chi connectivity index (χ1v) is 5.68. The van der Waals surface area contributed by atoms with Crippen LogP contribution in [-0.4, -0.2) is 24.8 Å². The monoisotopic (exact) mass is 244 g/mol. The lowest BCUT2D eigenvalue weighted by Gasteiger charge is -2.20. The van der Waals surface area contributed by atoms with Gasteiger partial charge in [-0.3, -0.25) is 4.99 Å². The summed E-state index contributed by atoms with van der Waals surface area (Å²) in [7, 11) is 1.32. The van der Waals surface area contributed by atoms with Crippen LogP contribution in [0, 0.1) is 11.3 Å². The van der Waals surface area contributed by atoms with Crippen molar-refractivity contribution in [2.75, 3.05) is 7.11 Å². The molecule has 0 spiro atoms. The van der Waals surface area contributed by atoms with E-state index in [1.807, 2.05) is 36.4 Å². The number of esters is 1. The van der Waals surface area contributed by atoms with Crippen molar-refractivity contribution in [2.45, 2.75) is 25.3 Å². The van der Waals surface area contributed by atoms with Gasteiger partial charge in [-0.15, -0.1) is 0 Å². The number of nitriles is 1. The average molecular weight is 244 g/mol. The normalized spacial score (nSPS) is 13.8. The summed E-state index contributed by atoms with van der Waals surface area (Å²) in [6.07, 6.45) is 2.24. The Bertz CT molecular complexity index is 462. The molecule has 0 saturated carbocycles. The number of rotatable bonds is 5. The number of carbonyl (C=O) groups is 1. The summed E-state index contributed by atoms with van der Waals surface area (Å²) in [5, 5.41) is 8.62. The third-order valence-corrected chi connectivity index (χ3v) is 2.65. The Morgan fingerprint density at radius 2 is 2.17 bits per heavy atom. The number of hydrogen-bond donors (Lipinski definition) is 0. The maximum atomic E-state index is 11.7. The van der Waals surface area contributed by atoms with Crippen LogP contribution in [0.15, 0.2) is 35.3 Å². The predicted molar refractivity (Wildman–Crippen MR) is 69.3 cm³/mol. The number of nitrogens with zero attached hydrogens (tertiary/aromatic N) is 2. The van der Waals surface area contributed by atoms with Crippen molar-refractivity contribution < 1.29 is 9.53 Å². The van der Waals surface area contributed by atoms with Crippen LogP contribution in [0.3, 0.4) is 0 Å². The molecule has 4 nitrogen and oxygen atoms in total. The highest BCUT2D eigenvalue weighted by Crippen LogP contribution is 2.19. The molecule has 4 heteroatoms. The number of hydrogen-bond acceptors (Lipinski definition) is 4. The van der Waals surface area contributed by atoms with E-state index in [9.17, 15) is 4.79 Å². The summed E-state index contributed by atoms with van der Waals surface area (Å²) in [5.74, 6) is -0.426. The van der Waals surface area contributed by atoms with Crippen molar-refractivity contribution in [3.05, 3.63) is 35.9 Å². The van der Waals surface area contributed by atoms with Crippen molar-refractivity contribution >= 4 is 12.2 Å². The van der Waals surface area contributed by atoms with Gasteiger partial charge < -0.3 is 4.74 Å². The van der Waals surface area contributed by atoms with Crippen molar-refractivity contribution in [2.24, 2.45) is 4.99 Å². The van der Waals surface area contributed by atoms with Crippen molar-refractivity contribution in [1.82, 2.24) is 0 Å². The molecule has 0 saturated heterocycles. The molecule has 0 radical (unpaired) electrons. The quantitative estimate of drug-likeness (QED) is 0.590. The Hall–Kier alpha value is -2.15. The van der Waals surface area contributed by atoms with Crippen molar-refractivity contribution in [1.29, 1.82) is 5.26 Å². The minimum atomic E-state index is -1.000. The average Bonchev–Trinajstić information content (AvgIpc) is 2.43. The molecule has 0 aliphatic rings. The van der Waals surface area contributed by atoms with E-state index in [0.717, 1.165) is 5.56 Å². The maximum absolute atomic E-state index is 11.7. The molecule has 0 bridgehead atoms. The second-order valence-corrected chi connectivity index (χ2v) is 4.09. The van der Waals surface area contributed by atoms with E-state index in [0.29, 0.717) is 6.42 Å². The van der Waals surface area contributed by atoms with Gasteiger partial charge in [-0.1, -0.05) is 30.3 Å². The first-order valence-electron chi connectivity index (χ1n) is 5.68. The van der Waals surface area contributed by atoms with E-state index in [2.05, 4.69) is 4.99 Å². The smallest absolute Gasteiger partial charge is 0.333 e. The van der Waals surface area contributed by atoms with Crippen LogP contribution in [0.2, 0.25) is 0 Å². The van der Waals surface area contributed by atoms with Gasteiger partial charge in [0, 0.05) is 12.6 Å². The summed E-state index contributed by atoms with van der Waals surface area (Å²) >= 11 is 0. The zero-order chi connectivity index (χ0) is 13.4. The van der Waals surface area contributed by atoms with Crippen LogP contribution in [0.1, 0.15) is 25.3 Å². The molecule has 0 aliphatic heterocycles. The molecule has 0 N–H and O–H groups in total. The standard InChI is InChI=1S/C14H16N2O2/c1-14(9-6-10-15,13(17)18-2)16-11-12-7-4-3-5-8-12/h3-5,7-8,11H,6,9H2,1-2H3/t14-/m1/s1. The topological polar surface area (TPSA) is 62.5 Å². The summed E-state index contributed by atoms with van der Waals surface area (Å²) in [6, 6.07) is 11.5. The number of benzene rings is 1. The maximum Gasteiger partial charge on any atom is 0.333 e. The Labute approximate surface area is 107 Å². The fraction of sp³-hybridized carbons (Fsp3) is 0.357. The molecule has 0 aliphatic carbocycles. The highest BCUT2D eigenvalue weighted by atomic mass is 16.5. The molecule has 0 heterocycles. The molecule has 1 aromatic carbocycles. The van der Waals surface area contributed by atoms with Gasteiger partial charge in [-0.05, 0) is 18.9 Å². The Morgan fingerprint density at radius 3 is 2.72 bits per heavy atom. The lowest BCUT2D eigenvalue weighted by molar-refractivity contribution is -0.146. The zero-order valence-electron chi connectivity index (χ0n) is 10.6. The number of aliphatic imine (C=N–C) groups is 1. The fourth-order valence-corrected chi connectivity index (χ4v) is 1.49. The van der Waals surface area contributed by atoms with Gasteiger partial charge >= 0.3 is 5.97 Å². The molecule has 0 fully saturated rings. The Morgan fingerprint density at radius 1 is 1.50 bits per heavy atom. The minimum Gasteiger partial charge on any atom is -0.467 e. The van der Waals surface area contributed by atoms with Crippen LogP contribution in [0.25, 0.3) is 0 Å². The number of methoxy groups -OCH3 is 1. The van der Waals surface area contributed by atoms with E-state index in [-0.39, 0.29) is 6.42 Å². The van der Waals surface area contributed by atoms with Crippen molar-refractivity contribution in [3.8, 4) is 6.07 Å². The lowest BCUT2D eigenvalue weighted by Crippen LogP contribution is -2.34. The SMILES string of the molecule is COC(=O)[C@@](C)(CCC#N)N=Cc1ccccc1. The van der Waals surface area contributed by atoms with Gasteiger partial charge in [0.15, 0.2) is 5.54 Å². The van der Waals surface area contributed by atoms with Crippen molar-refractivity contribution in [3.63, 3.8) is 0 Å². The molecule has 18 heavy (non-hydrogen) atoms. The van der Waals surface area contributed by atoms with Gasteiger partial charge in [0.1, 0.15) is 0 Å². The molecular formula is C14H16N2O2. The van der Waals surface area contributed by atoms with Gasteiger partial charge in [0.2, 0.25) is 0 Å². The second-order valence-electron chi connectivity index (χ2n) is 4.09. The highest BCUT2D eigenvalue weighted by molar-refractivity contribution is 5.86. The highest BCUT2D eigenvalue weighted by Gasteiger charge is 2.32. The molecule has 0 aromatic heterocycles. The molecule has 0 unspecified atom stereocenters.